The Bertz CT molecular complexity index is 1130. The molecule has 0 saturated carbocycles. The molecule has 0 unspecified atom stereocenters. The SMILES string of the molecule is COc1ccccc1C1(c2cc3ccccc3c3ccccc23)OCCO1. The monoisotopic (exact) mass is 356 g/mol. The van der Waals surface area contributed by atoms with Gasteiger partial charge in [-0.3, -0.25) is 0 Å². The summed E-state index contributed by atoms with van der Waals surface area (Å²) < 4.78 is 18.3. The summed E-state index contributed by atoms with van der Waals surface area (Å²) in [5.74, 6) is -0.215. The van der Waals surface area contributed by atoms with Crippen LogP contribution in [0.4, 0.5) is 0 Å². The molecule has 5 rings (SSSR count). The van der Waals surface area contributed by atoms with Gasteiger partial charge in [-0.05, 0) is 39.7 Å². The van der Waals surface area contributed by atoms with Crippen molar-refractivity contribution in [3.63, 3.8) is 0 Å². The van der Waals surface area contributed by atoms with E-state index in [-0.39, 0.29) is 0 Å². The van der Waals surface area contributed by atoms with Crippen LogP contribution in [0.2, 0.25) is 0 Å². The summed E-state index contributed by atoms with van der Waals surface area (Å²) in [7, 11) is 1.68. The Morgan fingerprint density at radius 3 is 2.11 bits per heavy atom. The lowest BCUT2D eigenvalue weighted by Gasteiger charge is -2.31. The smallest absolute Gasteiger partial charge is 0.226 e. The summed E-state index contributed by atoms with van der Waals surface area (Å²) >= 11 is 0. The van der Waals surface area contributed by atoms with Gasteiger partial charge >= 0.3 is 0 Å². The average Bonchev–Trinajstić information content (AvgIpc) is 3.24. The van der Waals surface area contributed by atoms with Crippen LogP contribution in [0.1, 0.15) is 11.1 Å². The first-order chi connectivity index (χ1) is 13.3. The zero-order valence-corrected chi connectivity index (χ0v) is 15.1. The molecule has 27 heavy (non-hydrogen) atoms. The summed E-state index contributed by atoms with van der Waals surface area (Å²) in [4.78, 5) is 0. The highest BCUT2D eigenvalue weighted by Gasteiger charge is 2.44. The molecule has 0 spiro atoms. The largest absolute Gasteiger partial charge is 0.496 e. The normalized spacial score (nSPS) is 16.0. The van der Waals surface area contributed by atoms with Crippen molar-refractivity contribution in [2.45, 2.75) is 5.79 Å². The van der Waals surface area contributed by atoms with Crippen molar-refractivity contribution in [3.05, 3.63) is 90.0 Å². The Morgan fingerprint density at radius 1 is 0.704 bits per heavy atom. The molecular formula is C24H20O3. The molecule has 0 aromatic heterocycles. The highest BCUT2D eigenvalue weighted by molar-refractivity contribution is 6.09. The van der Waals surface area contributed by atoms with Crippen LogP contribution in [0.15, 0.2) is 78.9 Å². The molecule has 1 heterocycles. The van der Waals surface area contributed by atoms with E-state index in [9.17, 15) is 0 Å². The van der Waals surface area contributed by atoms with Crippen molar-refractivity contribution in [2.75, 3.05) is 20.3 Å². The third-order valence-corrected chi connectivity index (χ3v) is 5.28. The van der Waals surface area contributed by atoms with Crippen molar-refractivity contribution >= 4 is 21.5 Å². The average molecular weight is 356 g/mol. The van der Waals surface area contributed by atoms with E-state index in [1.165, 1.54) is 16.2 Å². The Labute approximate surface area is 158 Å². The molecule has 0 bridgehead atoms. The third-order valence-electron chi connectivity index (χ3n) is 5.28. The predicted octanol–water partition coefficient (Wildman–Crippen LogP) is 5.25. The van der Waals surface area contributed by atoms with E-state index in [1.54, 1.807) is 7.11 Å². The number of methoxy groups -OCH3 is 1. The van der Waals surface area contributed by atoms with Gasteiger partial charge in [-0.2, -0.15) is 0 Å². The molecule has 1 saturated heterocycles. The minimum absolute atomic E-state index is 0.541. The lowest BCUT2D eigenvalue weighted by atomic mass is 9.89. The van der Waals surface area contributed by atoms with Crippen molar-refractivity contribution in [1.82, 2.24) is 0 Å². The van der Waals surface area contributed by atoms with Crippen molar-refractivity contribution < 1.29 is 14.2 Å². The third kappa shape index (κ3) is 2.43. The van der Waals surface area contributed by atoms with Gasteiger partial charge < -0.3 is 14.2 Å². The van der Waals surface area contributed by atoms with E-state index < -0.39 is 5.79 Å². The van der Waals surface area contributed by atoms with E-state index in [2.05, 4.69) is 54.6 Å². The molecule has 1 aliphatic rings. The molecule has 3 nitrogen and oxygen atoms in total. The van der Waals surface area contributed by atoms with Crippen molar-refractivity contribution in [2.24, 2.45) is 0 Å². The highest BCUT2D eigenvalue weighted by atomic mass is 16.7. The van der Waals surface area contributed by atoms with Crippen LogP contribution < -0.4 is 4.74 Å². The summed E-state index contributed by atoms with van der Waals surface area (Å²) in [6.07, 6.45) is 0. The quantitative estimate of drug-likeness (QED) is 0.469. The highest BCUT2D eigenvalue weighted by Crippen LogP contribution is 2.46. The van der Waals surface area contributed by atoms with Crippen molar-refractivity contribution in [1.29, 1.82) is 0 Å². The lowest BCUT2D eigenvalue weighted by molar-refractivity contribution is -0.129. The van der Waals surface area contributed by atoms with Gasteiger partial charge in [-0.15, -0.1) is 0 Å². The van der Waals surface area contributed by atoms with Gasteiger partial charge in [0.2, 0.25) is 5.79 Å². The first-order valence-electron chi connectivity index (χ1n) is 9.16. The molecule has 134 valence electrons. The molecule has 3 heteroatoms. The minimum atomic E-state index is -0.976. The maximum absolute atomic E-state index is 6.31. The topological polar surface area (TPSA) is 27.7 Å². The van der Waals surface area contributed by atoms with Gasteiger partial charge in [0.1, 0.15) is 5.75 Å². The zero-order chi connectivity index (χ0) is 18.3. The van der Waals surface area contributed by atoms with Gasteiger partial charge in [0.15, 0.2) is 0 Å². The van der Waals surface area contributed by atoms with Gasteiger partial charge in [0.05, 0.1) is 25.9 Å². The second-order valence-electron chi connectivity index (χ2n) is 6.70. The number of rotatable bonds is 3. The first-order valence-corrected chi connectivity index (χ1v) is 9.16. The molecule has 0 atom stereocenters. The number of para-hydroxylation sites is 1. The van der Waals surface area contributed by atoms with Crippen LogP contribution in [0.3, 0.4) is 0 Å². The predicted molar refractivity (Wildman–Crippen MR) is 107 cm³/mol. The molecule has 1 aliphatic heterocycles. The summed E-state index contributed by atoms with van der Waals surface area (Å²) in [5, 5.41) is 4.72. The van der Waals surface area contributed by atoms with E-state index in [0.29, 0.717) is 13.2 Å². The Balaban J connectivity index is 1.89. The van der Waals surface area contributed by atoms with Crippen LogP contribution >= 0.6 is 0 Å². The van der Waals surface area contributed by atoms with Crippen LogP contribution in [0.5, 0.6) is 5.75 Å². The van der Waals surface area contributed by atoms with E-state index in [4.69, 9.17) is 14.2 Å². The molecule has 0 radical (unpaired) electrons. The summed E-state index contributed by atoms with van der Waals surface area (Å²) in [6, 6.07) is 27.0. The van der Waals surface area contributed by atoms with Gasteiger partial charge in [-0.1, -0.05) is 60.7 Å². The molecule has 0 aliphatic carbocycles. The van der Waals surface area contributed by atoms with E-state index >= 15 is 0 Å². The van der Waals surface area contributed by atoms with Crippen LogP contribution in [0.25, 0.3) is 21.5 Å². The van der Waals surface area contributed by atoms with Gasteiger partial charge in [-0.25, -0.2) is 0 Å². The number of ether oxygens (including phenoxy) is 3. The standard InChI is InChI=1S/C24H20O3/c1-25-23-13-7-6-12-21(23)24(26-14-15-27-24)22-16-17-8-2-3-9-18(17)19-10-4-5-11-20(19)22/h2-13,16H,14-15H2,1H3. The maximum Gasteiger partial charge on any atom is 0.226 e. The van der Waals surface area contributed by atoms with Gasteiger partial charge in [0.25, 0.3) is 0 Å². The second kappa shape index (κ2) is 6.38. The molecular weight excluding hydrogens is 336 g/mol. The number of hydrogen-bond acceptors (Lipinski definition) is 3. The fourth-order valence-electron chi connectivity index (χ4n) is 4.11. The van der Waals surface area contributed by atoms with Crippen LogP contribution in [-0.4, -0.2) is 20.3 Å². The van der Waals surface area contributed by atoms with E-state index in [1.807, 2.05) is 24.3 Å². The Morgan fingerprint density at radius 2 is 1.33 bits per heavy atom. The second-order valence-corrected chi connectivity index (χ2v) is 6.70. The summed E-state index contributed by atoms with van der Waals surface area (Å²) in [5.41, 5.74) is 1.91. The number of fused-ring (bicyclic) bond motifs is 3. The molecule has 4 aromatic rings. The minimum Gasteiger partial charge on any atom is -0.496 e. The fraction of sp³-hybridized carbons (Fsp3) is 0.167. The Hall–Kier alpha value is -2.88. The number of hydrogen-bond donors (Lipinski definition) is 0. The summed E-state index contributed by atoms with van der Waals surface area (Å²) in [6.45, 7) is 1.08. The first kappa shape index (κ1) is 16.3. The number of benzene rings is 4. The maximum atomic E-state index is 6.31. The van der Waals surface area contributed by atoms with Crippen LogP contribution in [-0.2, 0) is 15.3 Å². The lowest BCUT2D eigenvalue weighted by Crippen LogP contribution is -2.29. The Kier molecular flexibility index (Phi) is 3.85. The molecule has 0 N–H and O–H groups in total. The molecule has 0 amide bonds. The van der Waals surface area contributed by atoms with Crippen LogP contribution in [0, 0.1) is 0 Å². The molecule has 4 aromatic carbocycles. The van der Waals surface area contributed by atoms with E-state index in [0.717, 1.165) is 22.3 Å². The fourth-order valence-corrected chi connectivity index (χ4v) is 4.11. The zero-order valence-electron chi connectivity index (χ0n) is 15.1. The van der Waals surface area contributed by atoms with Gasteiger partial charge in [0, 0.05) is 5.56 Å². The van der Waals surface area contributed by atoms with Crippen molar-refractivity contribution in [3.8, 4) is 5.75 Å². The molecule has 1 fully saturated rings.